The van der Waals surface area contributed by atoms with Gasteiger partial charge in [0.1, 0.15) is 0 Å². The summed E-state index contributed by atoms with van der Waals surface area (Å²) in [6.07, 6.45) is -8.60. The third-order valence-corrected chi connectivity index (χ3v) is 0.576. The van der Waals surface area contributed by atoms with E-state index in [1.54, 1.807) is 0 Å². The minimum Gasteiger partial charge on any atom is -0.392 e. The molecule has 1 heterocycles. The number of nitrogens with one attached hydrogen (secondary N) is 1. The van der Waals surface area contributed by atoms with Gasteiger partial charge in [0.25, 0.3) is 0 Å². The average molecular weight is 108 g/mol. The van der Waals surface area contributed by atoms with E-state index < -0.39 is 31.9 Å². The molecular weight excluding hydrogens is 90.1 g/mol. The summed E-state index contributed by atoms with van der Waals surface area (Å²) in [6, 6.07) is 0. The van der Waals surface area contributed by atoms with Crippen LogP contribution in [0.15, 0.2) is 0 Å². The molecule has 42 valence electrons. The third kappa shape index (κ3) is 1.45. The zero-order chi connectivity index (χ0) is 11.4. The Hall–Kier alpha value is -0.0800. The molecule has 0 aromatic heterocycles. The summed E-state index contributed by atoms with van der Waals surface area (Å²) >= 11 is 0. The van der Waals surface area contributed by atoms with Gasteiger partial charge in [-0.3, -0.25) is 0 Å². The molecule has 1 fully saturated rings. The topological polar surface area (TPSA) is 32.3 Å². The molecule has 0 saturated carbocycles. The number of hydrogen-bond acceptors (Lipinski definition) is 2. The number of β-amino-alcohol motifs (C(OH)–C–C–N with tert-alkyl or cyclic N) is 1. The van der Waals surface area contributed by atoms with Crippen LogP contribution in [-0.4, -0.2) is 24.2 Å². The van der Waals surface area contributed by atoms with Gasteiger partial charge in [0.2, 0.25) is 0 Å². The summed E-state index contributed by atoms with van der Waals surface area (Å²) in [5.41, 5.74) is 0. The lowest BCUT2D eigenvalue weighted by Gasteiger charge is -2.16. The lowest BCUT2D eigenvalue weighted by atomic mass is 10.1. The van der Waals surface area contributed by atoms with Gasteiger partial charge >= 0.3 is 0 Å². The van der Waals surface area contributed by atoms with Gasteiger partial charge in [-0.1, -0.05) is 0 Å². The second-order valence-corrected chi connectivity index (χ2v) is 1.11. The molecule has 2 heteroatoms. The van der Waals surface area contributed by atoms with Gasteiger partial charge in [-0.15, -0.1) is 0 Å². The first kappa shape index (κ1) is 1.25. The third-order valence-electron chi connectivity index (χ3n) is 0.576. The molecule has 0 aromatic carbocycles. The number of aliphatic hydroxyl groups is 1. The first-order valence-electron chi connectivity index (χ1n) is 5.53. The maximum absolute atomic E-state index is 9.34. The molecule has 3 atom stereocenters. The smallest absolute Gasteiger partial charge is 0.0665 e. The van der Waals surface area contributed by atoms with Crippen LogP contribution in [0.4, 0.5) is 0 Å². The quantitative estimate of drug-likeness (QED) is 0.448. The van der Waals surface area contributed by atoms with Crippen LogP contribution in [0.1, 0.15) is 22.3 Å². The standard InChI is InChI=1S/C5H11NO/c7-5-2-1-3-6-4-5/h5-7H,1-4H2/i1D2,2D2,3D,4D,5D. The monoisotopic (exact) mass is 108 g/mol. The molecule has 0 amide bonds. The van der Waals surface area contributed by atoms with Gasteiger partial charge in [0.05, 0.1) is 7.45 Å². The Kier molecular flexibility index (Phi) is 0.408. The molecule has 0 spiro atoms. The van der Waals surface area contributed by atoms with E-state index in [0.717, 1.165) is 0 Å². The Morgan fingerprint density at radius 2 is 2.86 bits per heavy atom. The molecule has 7 heavy (non-hydrogen) atoms. The predicted octanol–water partition coefficient (Wildman–Crippen LogP) is -0.269. The number of hydrogen-bond donors (Lipinski definition) is 2. The summed E-state index contributed by atoms with van der Waals surface area (Å²) in [7, 11) is 0. The highest BCUT2D eigenvalue weighted by molar-refractivity contribution is 4.65. The van der Waals surface area contributed by atoms with Crippen molar-refractivity contribution in [2.24, 2.45) is 0 Å². The fourth-order valence-corrected chi connectivity index (χ4v) is 0.308. The van der Waals surface area contributed by atoms with Crippen LogP contribution in [0.5, 0.6) is 0 Å². The zero-order valence-electron chi connectivity index (χ0n) is 10.6. The molecule has 1 aliphatic rings. The maximum atomic E-state index is 9.34. The SMILES string of the molecule is [2H]C1NC([2H])C([2H])(O)C([2H])([2H])C1([2H])[2H]. The van der Waals surface area contributed by atoms with Crippen LogP contribution in [-0.2, 0) is 0 Å². The second-order valence-electron chi connectivity index (χ2n) is 1.11. The molecule has 2 nitrogen and oxygen atoms in total. The first-order chi connectivity index (χ1) is 6.05. The molecule has 2 N–H and O–H groups in total. The lowest BCUT2D eigenvalue weighted by molar-refractivity contribution is 0.142. The van der Waals surface area contributed by atoms with E-state index in [9.17, 15) is 5.11 Å². The molecule has 0 radical (unpaired) electrons. The fraction of sp³-hybridized carbons (Fsp3) is 1.00. The van der Waals surface area contributed by atoms with E-state index in [4.69, 9.17) is 9.60 Å². The van der Waals surface area contributed by atoms with Crippen molar-refractivity contribution in [1.29, 1.82) is 0 Å². The van der Waals surface area contributed by atoms with E-state index >= 15 is 0 Å². The largest absolute Gasteiger partial charge is 0.392 e. The summed E-state index contributed by atoms with van der Waals surface area (Å²) in [6.45, 7) is -3.42. The van der Waals surface area contributed by atoms with Gasteiger partial charge in [-0.05, 0) is 19.3 Å². The number of rotatable bonds is 0. The van der Waals surface area contributed by atoms with Crippen LogP contribution in [0, 0.1) is 0 Å². The Morgan fingerprint density at radius 3 is 3.71 bits per heavy atom. The lowest BCUT2D eigenvalue weighted by Crippen LogP contribution is -2.33. The highest BCUT2D eigenvalue weighted by atomic mass is 16.3. The molecular formula is C5H11NO. The molecule has 3 unspecified atom stereocenters. The van der Waals surface area contributed by atoms with Crippen molar-refractivity contribution in [3.63, 3.8) is 0 Å². The van der Waals surface area contributed by atoms with Gasteiger partial charge in [-0.2, -0.15) is 0 Å². The molecule has 1 aliphatic heterocycles. The van der Waals surface area contributed by atoms with Gasteiger partial charge in [-0.25, -0.2) is 0 Å². The van der Waals surface area contributed by atoms with Crippen LogP contribution in [0.2, 0.25) is 0 Å². The van der Waals surface area contributed by atoms with Crippen molar-refractivity contribution in [3.05, 3.63) is 0 Å². The van der Waals surface area contributed by atoms with E-state index in [2.05, 4.69) is 0 Å². The summed E-state index contributed by atoms with van der Waals surface area (Å²) < 4.78 is 50.6. The summed E-state index contributed by atoms with van der Waals surface area (Å²) in [5, 5.41) is 11.3. The average Bonchev–Trinajstić information content (AvgIpc) is 2.01. The van der Waals surface area contributed by atoms with Gasteiger partial charge < -0.3 is 10.4 Å². The predicted molar refractivity (Wildman–Crippen MR) is 28.1 cm³/mol. The minimum atomic E-state index is -2.97. The van der Waals surface area contributed by atoms with Crippen LogP contribution in [0.3, 0.4) is 0 Å². The van der Waals surface area contributed by atoms with Crippen molar-refractivity contribution >= 4 is 0 Å². The van der Waals surface area contributed by atoms with Crippen molar-refractivity contribution in [3.8, 4) is 0 Å². The maximum Gasteiger partial charge on any atom is 0.0665 e. The van der Waals surface area contributed by atoms with Crippen molar-refractivity contribution < 1.29 is 14.7 Å². The van der Waals surface area contributed by atoms with E-state index in [0.29, 0.717) is 0 Å². The Bertz CT molecular complexity index is 220. The fourth-order valence-electron chi connectivity index (χ4n) is 0.308. The Balaban J connectivity index is 3.17. The minimum absolute atomic E-state index is 1.68. The van der Waals surface area contributed by atoms with Crippen molar-refractivity contribution in [2.45, 2.75) is 18.8 Å². The Labute approximate surface area is 53.4 Å². The van der Waals surface area contributed by atoms with Gasteiger partial charge in [0, 0.05) is 14.7 Å². The normalized spacial score (nSPS) is 93.6. The van der Waals surface area contributed by atoms with E-state index in [1.165, 1.54) is 0 Å². The molecule has 1 rings (SSSR count). The number of piperidine rings is 1. The van der Waals surface area contributed by atoms with Crippen molar-refractivity contribution in [1.82, 2.24) is 5.32 Å². The highest BCUT2D eigenvalue weighted by Gasteiger charge is 2.06. The second kappa shape index (κ2) is 2.28. The van der Waals surface area contributed by atoms with Gasteiger partial charge in [0.15, 0.2) is 0 Å². The van der Waals surface area contributed by atoms with Crippen LogP contribution < -0.4 is 5.32 Å². The first-order valence-corrected chi connectivity index (χ1v) is 1.88. The molecule has 0 aromatic rings. The summed E-state index contributed by atoms with van der Waals surface area (Å²) in [4.78, 5) is 0. The van der Waals surface area contributed by atoms with E-state index in [-0.39, 0.29) is 0 Å². The molecule has 0 aliphatic carbocycles. The van der Waals surface area contributed by atoms with E-state index in [1.807, 2.05) is 5.32 Å². The highest BCUT2D eigenvalue weighted by Crippen LogP contribution is 1.98. The zero-order valence-corrected chi connectivity index (χ0v) is 3.60. The van der Waals surface area contributed by atoms with Crippen LogP contribution >= 0.6 is 0 Å². The molecule has 0 bridgehead atoms. The Morgan fingerprint density at radius 1 is 2.00 bits per heavy atom. The summed E-state index contributed by atoms with van der Waals surface area (Å²) in [5.74, 6) is 0. The van der Waals surface area contributed by atoms with Crippen molar-refractivity contribution in [2.75, 3.05) is 13.0 Å². The van der Waals surface area contributed by atoms with Crippen LogP contribution in [0.25, 0.3) is 0 Å². The molecule has 1 saturated heterocycles.